The van der Waals surface area contributed by atoms with Gasteiger partial charge in [-0.1, -0.05) is 36.4 Å². The van der Waals surface area contributed by atoms with E-state index in [9.17, 15) is 4.79 Å². The van der Waals surface area contributed by atoms with Gasteiger partial charge in [-0.15, -0.1) is 21.5 Å². The molecular formula is C18H17N7OS. The maximum atomic E-state index is 12.1. The molecule has 0 fully saturated rings. The second-order valence-corrected chi connectivity index (χ2v) is 6.82. The minimum Gasteiger partial charge on any atom is -0.309 e. The molecular weight excluding hydrogens is 362 g/mol. The molecule has 1 amide bonds. The summed E-state index contributed by atoms with van der Waals surface area (Å²) in [6.07, 6.45) is 0.960. The number of aromatic amines is 1. The third-order valence-corrected chi connectivity index (χ3v) is 4.78. The van der Waals surface area contributed by atoms with E-state index in [0.717, 1.165) is 16.1 Å². The third-order valence-electron chi connectivity index (χ3n) is 3.88. The van der Waals surface area contributed by atoms with Gasteiger partial charge in [-0.05, 0) is 23.1 Å². The maximum absolute atomic E-state index is 12.1. The van der Waals surface area contributed by atoms with Crippen LogP contribution in [0.4, 0.5) is 5.82 Å². The van der Waals surface area contributed by atoms with Gasteiger partial charge in [0.1, 0.15) is 0 Å². The van der Waals surface area contributed by atoms with Crippen molar-refractivity contribution in [3.8, 4) is 22.0 Å². The van der Waals surface area contributed by atoms with Crippen LogP contribution in [0.3, 0.4) is 0 Å². The molecule has 0 aliphatic carbocycles. The fraction of sp³-hybridized carbons (Fsp3) is 0.167. The zero-order valence-corrected chi connectivity index (χ0v) is 15.2. The molecule has 8 nitrogen and oxygen atoms in total. The minimum atomic E-state index is -0.0948. The van der Waals surface area contributed by atoms with Gasteiger partial charge in [-0.3, -0.25) is 9.89 Å². The number of carbonyl (C=O) groups excluding carboxylic acids is 1. The summed E-state index contributed by atoms with van der Waals surface area (Å²) in [5.74, 6) is 1.01. The van der Waals surface area contributed by atoms with Crippen LogP contribution in [0.1, 0.15) is 12.8 Å². The highest BCUT2D eigenvalue weighted by atomic mass is 32.1. The van der Waals surface area contributed by atoms with Gasteiger partial charge in [0.05, 0.1) is 17.1 Å². The van der Waals surface area contributed by atoms with Gasteiger partial charge in [0.25, 0.3) is 0 Å². The summed E-state index contributed by atoms with van der Waals surface area (Å²) in [5, 5.41) is 24.3. The van der Waals surface area contributed by atoms with E-state index in [1.54, 1.807) is 11.3 Å². The Hall–Kier alpha value is -3.33. The molecule has 4 aromatic rings. The molecule has 27 heavy (non-hydrogen) atoms. The Balaban J connectivity index is 1.26. The molecule has 9 heteroatoms. The summed E-state index contributed by atoms with van der Waals surface area (Å²) < 4.78 is 0. The van der Waals surface area contributed by atoms with Crippen LogP contribution in [0.15, 0.2) is 53.9 Å². The van der Waals surface area contributed by atoms with Crippen LogP contribution in [0.2, 0.25) is 0 Å². The summed E-state index contributed by atoms with van der Waals surface area (Å²) in [6.45, 7) is 0.522. The van der Waals surface area contributed by atoms with Crippen LogP contribution in [0.25, 0.3) is 22.0 Å². The molecule has 0 saturated carbocycles. The standard InChI is InChI=1S/C18H17N7OS/c26-17(19-16-12-14(20-21-16)15-8-5-11-27-15)9-4-10-25-23-18(22-24-25)13-6-2-1-3-7-13/h1-3,5-8,11-12H,4,9-10H2,(H2,19,20,21,26). The quantitative estimate of drug-likeness (QED) is 0.513. The summed E-state index contributed by atoms with van der Waals surface area (Å²) >= 11 is 1.61. The van der Waals surface area contributed by atoms with Crippen LogP contribution in [0, 0.1) is 0 Å². The number of benzene rings is 1. The second-order valence-electron chi connectivity index (χ2n) is 5.87. The zero-order valence-electron chi connectivity index (χ0n) is 14.4. The first kappa shape index (κ1) is 17.1. The smallest absolute Gasteiger partial charge is 0.225 e. The molecule has 0 aliphatic rings. The van der Waals surface area contributed by atoms with Crippen molar-refractivity contribution < 1.29 is 4.79 Å². The van der Waals surface area contributed by atoms with Gasteiger partial charge < -0.3 is 5.32 Å². The van der Waals surface area contributed by atoms with Crippen LogP contribution >= 0.6 is 11.3 Å². The van der Waals surface area contributed by atoms with E-state index >= 15 is 0 Å². The number of hydrogen-bond donors (Lipinski definition) is 2. The Labute approximate surface area is 159 Å². The lowest BCUT2D eigenvalue weighted by atomic mass is 10.2. The number of hydrogen-bond acceptors (Lipinski definition) is 6. The SMILES string of the molecule is O=C(CCCn1nnc(-c2ccccc2)n1)Nc1cc(-c2cccs2)[nH]n1. The lowest BCUT2D eigenvalue weighted by molar-refractivity contribution is -0.116. The first-order chi connectivity index (χ1) is 13.3. The summed E-state index contributed by atoms with van der Waals surface area (Å²) in [7, 11) is 0. The fourth-order valence-electron chi connectivity index (χ4n) is 2.57. The predicted octanol–water partition coefficient (Wildman–Crippen LogP) is 3.21. The number of nitrogens with one attached hydrogen (secondary N) is 2. The number of anilines is 1. The van der Waals surface area contributed by atoms with Crippen LogP contribution in [-0.2, 0) is 11.3 Å². The van der Waals surface area contributed by atoms with Crippen molar-refractivity contribution in [2.24, 2.45) is 0 Å². The normalized spacial score (nSPS) is 10.8. The van der Waals surface area contributed by atoms with Crippen LogP contribution in [0.5, 0.6) is 0 Å². The fourth-order valence-corrected chi connectivity index (χ4v) is 3.26. The van der Waals surface area contributed by atoms with Crippen molar-refractivity contribution >= 4 is 23.1 Å². The van der Waals surface area contributed by atoms with Gasteiger partial charge >= 0.3 is 0 Å². The topological polar surface area (TPSA) is 101 Å². The average molecular weight is 379 g/mol. The average Bonchev–Trinajstić information content (AvgIpc) is 3.44. The number of tetrazole rings is 1. The number of thiophene rings is 1. The van der Waals surface area contributed by atoms with Gasteiger partial charge in [0.2, 0.25) is 11.7 Å². The monoisotopic (exact) mass is 379 g/mol. The van der Waals surface area contributed by atoms with Crippen molar-refractivity contribution in [2.75, 3.05) is 5.32 Å². The van der Waals surface area contributed by atoms with E-state index in [2.05, 4.69) is 30.9 Å². The highest BCUT2D eigenvalue weighted by molar-refractivity contribution is 7.13. The number of aryl methyl sites for hydroxylation is 1. The van der Waals surface area contributed by atoms with E-state index < -0.39 is 0 Å². The van der Waals surface area contributed by atoms with Gasteiger partial charge in [0.15, 0.2) is 5.82 Å². The molecule has 3 aromatic heterocycles. The summed E-state index contributed by atoms with van der Waals surface area (Å²) in [4.78, 5) is 14.7. The van der Waals surface area contributed by atoms with Crippen molar-refractivity contribution in [2.45, 2.75) is 19.4 Å². The van der Waals surface area contributed by atoms with E-state index in [-0.39, 0.29) is 5.91 Å². The molecule has 0 radical (unpaired) electrons. The predicted molar refractivity (Wildman–Crippen MR) is 103 cm³/mol. The minimum absolute atomic E-state index is 0.0948. The Morgan fingerprint density at radius 3 is 2.89 bits per heavy atom. The molecule has 0 saturated heterocycles. The lowest BCUT2D eigenvalue weighted by Gasteiger charge is -2.01. The molecule has 0 atom stereocenters. The van der Waals surface area contributed by atoms with Crippen molar-refractivity contribution in [3.05, 3.63) is 53.9 Å². The highest BCUT2D eigenvalue weighted by Gasteiger charge is 2.09. The van der Waals surface area contributed by atoms with Crippen molar-refractivity contribution in [3.63, 3.8) is 0 Å². The Kier molecular flexibility index (Phi) is 5.01. The Bertz CT molecular complexity index is 1010. The van der Waals surface area contributed by atoms with E-state index in [4.69, 9.17) is 0 Å². The largest absolute Gasteiger partial charge is 0.309 e. The third kappa shape index (κ3) is 4.26. The zero-order chi connectivity index (χ0) is 18.5. The number of H-pyrrole nitrogens is 1. The molecule has 3 heterocycles. The summed E-state index contributed by atoms with van der Waals surface area (Å²) in [5.41, 5.74) is 1.81. The number of amides is 1. The molecule has 136 valence electrons. The van der Waals surface area contributed by atoms with E-state index in [1.165, 1.54) is 4.80 Å². The maximum Gasteiger partial charge on any atom is 0.225 e. The van der Waals surface area contributed by atoms with Crippen molar-refractivity contribution in [1.29, 1.82) is 0 Å². The van der Waals surface area contributed by atoms with E-state index in [1.807, 2.05) is 53.9 Å². The van der Waals surface area contributed by atoms with Crippen LogP contribution < -0.4 is 5.32 Å². The van der Waals surface area contributed by atoms with Crippen LogP contribution in [-0.4, -0.2) is 36.3 Å². The van der Waals surface area contributed by atoms with Gasteiger partial charge in [-0.25, -0.2) is 0 Å². The number of carbonyl (C=O) groups is 1. The molecule has 0 aliphatic heterocycles. The highest BCUT2D eigenvalue weighted by Crippen LogP contribution is 2.24. The Morgan fingerprint density at radius 1 is 1.19 bits per heavy atom. The first-order valence-corrected chi connectivity index (χ1v) is 9.38. The Morgan fingerprint density at radius 2 is 2.07 bits per heavy atom. The first-order valence-electron chi connectivity index (χ1n) is 8.50. The molecule has 1 aromatic carbocycles. The second kappa shape index (κ2) is 7.92. The number of rotatable bonds is 7. The van der Waals surface area contributed by atoms with Crippen molar-refractivity contribution in [1.82, 2.24) is 30.4 Å². The van der Waals surface area contributed by atoms with Gasteiger partial charge in [-0.2, -0.15) is 9.90 Å². The van der Waals surface area contributed by atoms with Gasteiger partial charge in [0, 0.05) is 18.1 Å². The molecule has 0 bridgehead atoms. The number of nitrogens with zero attached hydrogens (tertiary/aromatic N) is 5. The van der Waals surface area contributed by atoms with E-state index in [0.29, 0.717) is 31.0 Å². The molecule has 0 unspecified atom stereocenters. The molecule has 0 spiro atoms. The summed E-state index contributed by atoms with van der Waals surface area (Å²) in [6, 6.07) is 15.5. The lowest BCUT2D eigenvalue weighted by Crippen LogP contribution is -2.13. The molecule has 4 rings (SSSR count). The number of aromatic nitrogens is 6. The molecule has 2 N–H and O–H groups in total.